The van der Waals surface area contributed by atoms with Crippen molar-refractivity contribution >= 4 is 6.03 Å². The lowest BCUT2D eigenvalue weighted by Crippen LogP contribution is -2.50. The van der Waals surface area contributed by atoms with Crippen molar-refractivity contribution in [2.24, 2.45) is 0 Å². The first-order chi connectivity index (χ1) is 10.1. The first-order valence-corrected chi connectivity index (χ1v) is 7.46. The average molecular weight is 295 g/mol. The van der Waals surface area contributed by atoms with Gasteiger partial charge in [0.25, 0.3) is 0 Å². The molecule has 0 saturated carbocycles. The van der Waals surface area contributed by atoms with Crippen molar-refractivity contribution in [3.05, 3.63) is 18.7 Å². The molecule has 118 valence electrons. The maximum absolute atomic E-state index is 11.9. The van der Waals surface area contributed by atoms with Gasteiger partial charge < -0.3 is 19.9 Å². The van der Waals surface area contributed by atoms with Crippen LogP contribution in [0, 0.1) is 0 Å². The maximum Gasteiger partial charge on any atom is 0.315 e. The van der Waals surface area contributed by atoms with Gasteiger partial charge >= 0.3 is 6.03 Å². The SMILES string of the molecule is C[C@H](Cn1ccnc1)NC(=O)N[C@@H](C)CN1CCOCC1. The fourth-order valence-corrected chi connectivity index (χ4v) is 2.46. The number of ether oxygens (including phenoxy) is 1. The van der Waals surface area contributed by atoms with Crippen LogP contribution in [0.2, 0.25) is 0 Å². The van der Waals surface area contributed by atoms with Gasteiger partial charge in [-0.2, -0.15) is 0 Å². The van der Waals surface area contributed by atoms with E-state index in [9.17, 15) is 4.79 Å². The molecule has 0 spiro atoms. The summed E-state index contributed by atoms with van der Waals surface area (Å²) >= 11 is 0. The van der Waals surface area contributed by atoms with Crippen LogP contribution in [0.5, 0.6) is 0 Å². The second-order valence-electron chi connectivity index (χ2n) is 5.59. The summed E-state index contributed by atoms with van der Waals surface area (Å²) in [5.74, 6) is 0. The van der Waals surface area contributed by atoms with Gasteiger partial charge in [-0.1, -0.05) is 0 Å². The standard InChI is InChI=1S/C14H25N5O2/c1-12(9-18-5-7-21-8-6-18)16-14(20)17-13(2)10-19-4-3-15-11-19/h3-4,11-13H,5-10H2,1-2H3,(H2,16,17,20)/t12-,13+/m0/s1. The van der Waals surface area contributed by atoms with Crippen LogP contribution >= 0.6 is 0 Å². The van der Waals surface area contributed by atoms with Crippen LogP contribution in [0.15, 0.2) is 18.7 Å². The molecule has 2 heterocycles. The fourth-order valence-electron chi connectivity index (χ4n) is 2.46. The highest BCUT2D eigenvalue weighted by atomic mass is 16.5. The zero-order valence-electron chi connectivity index (χ0n) is 12.8. The van der Waals surface area contributed by atoms with Crippen LogP contribution in [-0.4, -0.2) is 65.4 Å². The summed E-state index contributed by atoms with van der Waals surface area (Å²) in [4.78, 5) is 18.2. The number of carbonyl (C=O) groups is 1. The average Bonchev–Trinajstić information content (AvgIpc) is 2.91. The Morgan fingerprint density at radius 3 is 2.52 bits per heavy atom. The van der Waals surface area contributed by atoms with Crippen molar-refractivity contribution in [2.75, 3.05) is 32.8 Å². The number of hydrogen-bond donors (Lipinski definition) is 2. The zero-order chi connectivity index (χ0) is 15.1. The van der Waals surface area contributed by atoms with Gasteiger partial charge in [-0.15, -0.1) is 0 Å². The van der Waals surface area contributed by atoms with Crippen molar-refractivity contribution in [1.82, 2.24) is 25.1 Å². The largest absolute Gasteiger partial charge is 0.379 e. The van der Waals surface area contributed by atoms with Crippen molar-refractivity contribution in [1.29, 1.82) is 0 Å². The Balaban J connectivity index is 1.65. The van der Waals surface area contributed by atoms with E-state index in [-0.39, 0.29) is 18.1 Å². The lowest BCUT2D eigenvalue weighted by Gasteiger charge is -2.29. The molecule has 7 heteroatoms. The molecule has 0 aliphatic carbocycles. The molecule has 2 rings (SSSR count). The minimum Gasteiger partial charge on any atom is -0.379 e. The van der Waals surface area contributed by atoms with E-state index >= 15 is 0 Å². The van der Waals surface area contributed by atoms with E-state index in [4.69, 9.17) is 4.74 Å². The number of rotatable bonds is 6. The Kier molecular flexibility index (Phi) is 6.01. The quantitative estimate of drug-likeness (QED) is 0.791. The van der Waals surface area contributed by atoms with Gasteiger partial charge in [0.15, 0.2) is 0 Å². The molecule has 0 radical (unpaired) electrons. The molecule has 1 fully saturated rings. The maximum atomic E-state index is 11.9. The third kappa shape index (κ3) is 5.73. The zero-order valence-corrected chi connectivity index (χ0v) is 12.8. The Morgan fingerprint density at radius 2 is 1.90 bits per heavy atom. The van der Waals surface area contributed by atoms with Gasteiger partial charge in [0.05, 0.1) is 19.5 Å². The van der Waals surface area contributed by atoms with E-state index in [0.717, 1.165) is 32.8 Å². The van der Waals surface area contributed by atoms with Crippen LogP contribution in [0.3, 0.4) is 0 Å². The second-order valence-corrected chi connectivity index (χ2v) is 5.59. The Bertz CT molecular complexity index is 417. The van der Waals surface area contributed by atoms with Crippen LogP contribution < -0.4 is 10.6 Å². The number of nitrogens with zero attached hydrogens (tertiary/aromatic N) is 3. The molecule has 2 amide bonds. The Hall–Kier alpha value is -1.60. The molecular weight excluding hydrogens is 270 g/mol. The number of hydrogen-bond acceptors (Lipinski definition) is 4. The summed E-state index contributed by atoms with van der Waals surface area (Å²) in [6, 6.07) is 0.0432. The van der Waals surface area contributed by atoms with Gasteiger partial charge in [0, 0.05) is 50.7 Å². The number of morpholine rings is 1. The summed E-state index contributed by atoms with van der Waals surface area (Å²) in [5, 5.41) is 5.92. The van der Waals surface area contributed by atoms with Crippen LogP contribution in [-0.2, 0) is 11.3 Å². The summed E-state index contributed by atoms with van der Waals surface area (Å²) in [6.07, 6.45) is 5.37. The highest BCUT2D eigenvalue weighted by Crippen LogP contribution is 1.98. The minimum absolute atomic E-state index is 0.0507. The van der Waals surface area contributed by atoms with Crippen molar-refractivity contribution < 1.29 is 9.53 Å². The molecular formula is C14H25N5O2. The molecule has 2 N–H and O–H groups in total. The molecule has 7 nitrogen and oxygen atoms in total. The molecule has 0 unspecified atom stereocenters. The van der Waals surface area contributed by atoms with Gasteiger partial charge in [-0.3, -0.25) is 4.90 Å². The van der Waals surface area contributed by atoms with Crippen LogP contribution in [0.1, 0.15) is 13.8 Å². The topological polar surface area (TPSA) is 71.4 Å². The number of nitrogens with one attached hydrogen (secondary N) is 2. The number of imidazole rings is 1. The van der Waals surface area contributed by atoms with E-state index in [2.05, 4.69) is 20.5 Å². The predicted molar refractivity (Wildman–Crippen MR) is 80.1 cm³/mol. The molecule has 1 aromatic heterocycles. The van der Waals surface area contributed by atoms with Gasteiger partial charge in [0.2, 0.25) is 0 Å². The van der Waals surface area contributed by atoms with E-state index in [1.807, 2.05) is 24.6 Å². The number of carbonyl (C=O) groups excluding carboxylic acids is 1. The first-order valence-electron chi connectivity index (χ1n) is 7.46. The monoisotopic (exact) mass is 295 g/mol. The van der Waals surface area contributed by atoms with E-state index in [1.165, 1.54) is 0 Å². The lowest BCUT2D eigenvalue weighted by molar-refractivity contribution is 0.0349. The van der Waals surface area contributed by atoms with Crippen molar-refractivity contribution in [3.8, 4) is 0 Å². The van der Waals surface area contributed by atoms with Gasteiger partial charge in [0.1, 0.15) is 0 Å². The number of urea groups is 1. The Morgan fingerprint density at radius 1 is 1.24 bits per heavy atom. The lowest BCUT2D eigenvalue weighted by atomic mass is 10.3. The highest BCUT2D eigenvalue weighted by Gasteiger charge is 2.16. The fraction of sp³-hybridized carbons (Fsp3) is 0.714. The molecule has 1 saturated heterocycles. The number of aromatic nitrogens is 2. The van der Waals surface area contributed by atoms with Gasteiger partial charge in [-0.25, -0.2) is 9.78 Å². The normalized spacial score (nSPS) is 19.0. The van der Waals surface area contributed by atoms with E-state index in [0.29, 0.717) is 6.54 Å². The smallest absolute Gasteiger partial charge is 0.315 e. The van der Waals surface area contributed by atoms with Crippen molar-refractivity contribution in [2.45, 2.75) is 32.5 Å². The second kappa shape index (κ2) is 7.99. The molecule has 1 aliphatic rings. The summed E-state index contributed by atoms with van der Waals surface area (Å²) in [7, 11) is 0. The van der Waals surface area contributed by atoms with Crippen molar-refractivity contribution in [3.63, 3.8) is 0 Å². The molecule has 21 heavy (non-hydrogen) atoms. The van der Waals surface area contributed by atoms with E-state index in [1.54, 1.807) is 12.5 Å². The molecule has 1 aromatic rings. The molecule has 0 aromatic carbocycles. The van der Waals surface area contributed by atoms with Crippen LogP contribution in [0.25, 0.3) is 0 Å². The third-order valence-corrected chi connectivity index (χ3v) is 3.43. The molecule has 2 atom stereocenters. The first kappa shape index (κ1) is 15.8. The van der Waals surface area contributed by atoms with Gasteiger partial charge in [-0.05, 0) is 13.8 Å². The predicted octanol–water partition coefficient (Wildman–Crippen LogP) is 0.292. The third-order valence-electron chi connectivity index (χ3n) is 3.43. The molecule has 0 bridgehead atoms. The summed E-state index contributed by atoms with van der Waals surface area (Å²) < 4.78 is 7.26. The summed E-state index contributed by atoms with van der Waals surface area (Å²) in [5.41, 5.74) is 0. The highest BCUT2D eigenvalue weighted by molar-refractivity contribution is 5.74. The van der Waals surface area contributed by atoms with E-state index < -0.39 is 0 Å². The number of amides is 2. The minimum atomic E-state index is -0.122. The summed E-state index contributed by atoms with van der Waals surface area (Å²) in [6.45, 7) is 9.00. The molecule has 1 aliphatic heterocycles. The Labute approximate surface area is 125 Å². The van der Waals surface area contributed by atoms with Crippen LogP contribution in [0.4, 0.5) is 4.79 Å².